The highest BCUT2D eigenvalue weighted by Gasteiger charge is 2.63. The molecule has 0 radical (unpaired) electrons. The van der Waals surface area contributed by atoms with Crippen LogP contribution in [0.5, 0.6) is 0 Å². The zero-order chi connectivity index (χ0) is 18.4. The van der Waals surface area contributed by atoms with Crippen LogP contribution >= 0.6 is 0 Å². The Bertz CT molecular complexity index is 660. The van der Waals surface area contributed by atoms with E-state index in [1.54, 1.807) is 27.7 Å². The summed E-state index contributed by atoms with van der Waals surface area (Å²) in [6.45, 7) is 10.5. The minimum atomic E-state index is -3.77. The first-order chi connectivity index (χ1) is 10.9. The largest absolute Gasteiger partial charge is 0.444 e. The summed E-state index contributed by atoms with van der Waals surface area (Å²) >= 11 is 0. The van der Waals surface area contributed by atoms with Crippen molar-refractivity contribution in [2.24, 2.45) is 5.92 Å². The van der Waals surface area contributed by atoms with Crippen molar-refractivity contribution in [3.8, 4) is 0 Å². The molecule has 0 heterocycles. The van der Waals surface area contributed by atoms with Crippen LogP contribution in [0.1, 0.15) is 53.4 Å². The number of hydrogen-bond acceptors (Lipinski definition) is 5. The van der Waals surface area contributed by atoms with Gasteiger partial charge in [-0.2, -0.15) is 0 Å². The Morgan fingerprint density at radius 3 is 2.29 bits per heavy atom. The van der Waals surface area contributed by atoms with E-state index in [1.165, 1.54) is 6.08 Å². The number of sulfonamides is 1. The Labute approximate surface area is 143 Å². The minimum absolute atomic E-state index is 0.302. The fourth-order valence-electron chi connectivity index (χ4n) is 2.79. The molecule has 2 rings (SSSR count). The molecule has 0 aromatic heterocycles. The van der Waals surface area contributed by atoms with Crippen LogP contribution < -0.4 is 10.0 Å². The first-order valence-corrected chi connectivity index (χ1v) is 9.60. The smallest absolute Gasteiger partial charge is 0.408 e. The lowest BCUT2D eigenvalue weighted by molar-refractivity contribution is -0.122. The normalized spacial score (nSPS) is 27.8. The van der Waals surface area contributed by atoms with Gasteiger partial charge in [-0.25, -0.2) is 13.2 Å². The molecule has 0 aromatic rings. The van der Waals surface area contributed by atoms with Gasteiger partial charge in [-0.05, 0) is 46.5 Å². The molecule has 0 bridgehead atoms. The van der Waals surface area contributed by atoms with Crippen LogP contribution in [0.2, 0.25) is 0 Å². The minimum Gasteiger partial charge on any atom is -0.444 e. The van der Waals surface area contributed by atoms with Crippen LogP contribution in [-0.4, -0.2) is 36.3 Å². The molecule has 0 spiro atoms. The first kappa shape index (κ1) is 18.8. The van der Waals surface area contributed by atoms with Crippen molar-refractivity contribution in [3.05, 3.63) is 12.7 Å². The van der Waals surface area contributed by atoms with Crippen molar-refractivity contribution >= 4 is 22.0 Å². The van der Waals surface area contributed by atoms with Gasteiger partial charge in [-0.1, -0.05) is 13.0 Å². The van der Waals surface area contributed by atoms with Gasteiger partial charge in [-0.3, -0.25) is 9.52 Å². The lowest BCUT2D eigenvalue weighted by Crippen LogP contribution is -2.54. The van der Waals surface area contributed by atoms with Gasteiger partial charge < -0.3 is 10.1 Å². The van der Waals surface area contributed by atoms with Crippen molar-refractivity contribution in [3.63, 3.8) is 0 Å². The molecule has 2 atom stereocenters. The summed E-state index contributed by atoms with van der Waals surface area (Å²) in [6, 6.07) is 0. The van der Waals surface area contributed by atoms with E-state index >= 15 is 0 Å². The molecule has 0 unspecified atom stereocenters. The fraction of sp³-hybridized carbons (Fsp3) is 0.750. The third-order valence-corrected chi connectivity index (χ3v) is 6.97. The zero-order valence-electron chi connectivity index (χ0n) is 14.6. The van der Waals surface area contributed by atoms with Gasteiger partial charge in [0.15, 0.2) is 0 Å². The summed E-state index contributed by atoms with van der Waals surface area (Å²) in [5.41, 5.74) is -2.02. The van der Waals surface area contributed by atoms with Crippen molar-refractivity contribution < 1.29 is 22.7 Å². The molecule has 7 nitrogen and oxygen atoms in total. The fourth-order valence-corrected chi connectivity index (χ4v) is 4.46. The van der Waals surface area contributed by atoms with E-state index in [1.807, 2.05) is 0 Å². The standard InChI is InChI=1S/C16H26N2O5S/c1-6-11-10-16(11,17-13(20)23-14(3,4)5)12(19)18-24(21,22)15(7-2)8-9-15/h6,11H,1,7-10H2,2-5H3,(H,17,20)(H,18,19)/t11-,16-/m1/s1. The highest BCUT2D eigenvalue weighted by atomic mass is 32.2. The molecular weight excluding hydrogens is 332 g/mol. The van der Waals surface area contributed by atoms with E-state index in [-0.39, 0.29) is 5.92 Å². The Kier molecular flexibility index (Phi) is 4.50. The second kappa shape index (κ2) is 5.75. The molecule has 2 aliphatic carbocycles. The molecule has 24 heavy (non-hydrogen) atoms. The lowest BCUT2D eigenvalue weighted by Gasteiger charge is -2.24. The van der Waals surface area contributed by atoms with Crippen molar-refractivity contribution in [2.75, 3.05) is 0 Å². The SMILES string of the molecule is C=C[C@@H]1C[C@]1(NC(=O)OC(C)(C)C)C(=O)NS(=O)(=O)C1(CC)CC1. The van der Waals surface area contributed by atoms with Gasteiger partial charge >= 0.3 is 6.09 Å². The number of carbonyl (C=O) groups is 2. The summed E-state index contributed by atoms with van der Waals surface area (Å²) in [5.74, 6) is -1.05. The Balaban J connectivity index is 2.12. The van der Waals surface area contributed by atoms with E-state index in [9.17, 15) is 18.0 Å². The molecule has 2 fully saturated rings. The summed E-state index contributed by atoms with van der Waals surface area (Å²) in [4.78, 5) is 24.6. The van der Waals surface area contributed by atoms with E-state index in [0.29, 0.717) is 25.7 Å². The molecule has 0 saturated heterocycles. The third kappa shape index (κ3) is 3.43. The van der Waals surface area contributed by atoms with Crippen LogP contribution in [0.3, 0.4) is 0 Å². The Hall–Kier alpha value is -1.57. The second-order valence-corrected chi connectivity index (χ2v) is 9.69. The van der Waals surface area contributed by atoms with Crippen molar-refractivity contribution in [2.45, 2.75) is 69.3 Å². The average molecular weight is 358 g/mol. The number of carbonyl (C=O) groups excluding carboxylic acids is 2. The van der Waals surface area contributed by atoms with E-state index in [2.05, 4.69) is 16.6 Å². The molecule has 8 heteroatoms. The molecule has 2 amide bonds. The molecule has 2 aliphatic rings. The maximum absolute atomic E-state index is 12.6. The molecular formula is C16H26N2O5S. The van der Waals surface area contributed by atoms with Gasteiger partial charge in [0.05, 0.1) is 4.75 Å². The van der Waals surface area contributed by atoms with Crippen LogP contribution in [0.4, 0.5) is 4.79 Å². The van der Waals surface area contributed by atoms with Gasteiger partial charge in [-0.15, -0.1) is 6.58 Å². The first-order valence-electron chi connectivity index (χ1n) is 8.12. The topological polar surface area (TPSA) is 102 Å². The maximum Gasteiger partial charge on any atom is 0.408 e. The predicted octanol–water partition coefficient (Wildman–Crippen LogP) is 1.84. The van der Waals surface area contributed by atoms with Crippen molar-refractivity contribution in [1.29, 1.82) is 0 Å². The van der Waals surface area contributed by atoms with Gasteiger partial charge in [0, 0.05) is 5.92 Å². The summed E-state index contributed by atoms with van der Waals surface area (Å²) in [5, 5.41) is 2.53. The third-order valence-electron chi connectivity index (χ3n) is 4.68. The summed E-state index contributed by atoms with van der Waals surface area (Å²) in [7, 11) is -3.77. The van der Waals surface area contributed by atoms with Crippen molar-refractivity contribution in [1.82, 2.24) is 10.0 Å². The molecule has 2 N–H and O–H groups in total. The Morgan fingerprint density at radius 2 is 1.92 bits per heavy atom. The van der Waals surface area contributed by atoms with E-state index < -0.39 is 37.9 Å². The number of alkyl carbamates (subject to hydrolysis) is 1. The molecule has 136 valence electrons. The highest BCUT2D eigenvalue weighted by Crippen LogP contribution is 2.48. The molecule has 2 saturated carbocycles. The predicted molar refractivity (Wildman–Crippen MR) is 89.7 cm³/mol. The average Bonchev–Trinajstić information content (AvgIpc) is 3.30. The van der Waals surface area contributed by atoms with Crippen LogP contribution in [0.15, 0.2) is 12.7 Å². The molecule has 0 aliphatic heterocycles. The van der Waals surface area contributed by atoms with Crippen LogP contribution in [0.25, 0.3) is 0 Å². The number of amides is 2. The quantitative estimate of drug-likeness (QED) is 0.706. The zero-order valence-corrected chi connectivity index (χ0v) is 15.5. The van der Waals surface area contributed by atoms with Gasteiger partial charge in [0.25, 0.3) is 5.91 Å². The number of rotatable bonds is 6. The maximum atomic E-state index is 12.6. The summed E-state index contributed by atoms with van der Waals surface area (Å²) < 4.78 is 31.4. The second-order valence-electron chi connectivity index (χ2n) is 7.62. The van der Waals surface area contributed by atoms with Crippen LogP contribution in [-0.2, 0) is 19.6 Å². The monoisotopic (exact) mass is 358 g/mol. The molecule has 0 aromatic carbocycles. The van der Waals surface area contributed by atoms with Gasteiger partial charge in [0.2, 0.25) is 10.0 Å². The number of hydrogen-bond donors (Lipinski definition) is 2. The van der Waals surface area contributed by atoms with Crippen LogP contribution in [0, 0.1) is 5.92 Å². The lowest BCUT2D eigenvalue weighted by atomic mass is 10.2. The summed E-state index contributed by atoms with van der Waals surface area (Å²) in [6.07, 6.45) is 2.63. The van der Waals surface area contributed by atoms with E-state index in [4.69, 9.17) is 4.74 Å². The number of ether oxygens (including phenoxy) is 1. The van der Waals surface area contributed by atoms with E-state index in [0.717, 1.165) is 0 Å². The number of nitrogens with one attached hydrogen (secondary N) is 2. The highest BCUT2D eigenvalue weighted by molar-refractivity contribution is 7.91. The van der Waals surface area contributed by atoms with Gasteiger partial charge in [0.1, 0.15) is 11.1 Å². The Morgan fingerprint density at radius 1 is 1.33 bits per heavy atom.